The molecule has 0 aliphatic carbocycles. The Labute approximate surface area is 202 Å². The number of hydrogen-bond acceptors (Lipinski definition) is 4. The van der Waals surface area contributed by atoms with Gasteiger partial charge in [-0.1, -0.05) is 76.5 Å². The average molecular weight is 443 g/mol. The van der Waals surface area contributed by atoms with Crippen molar-refractivity contribution in [2.45, 2.75) is 76.0 Å². The first-order valence-corrected chi connectivity index (χ1v) is 11.9. The summed E-state index contributed by atoms with van der Waals surface area (Å²) in [4.78, 5) is -0.132. The van der Waals surface area contributed by atoms with E-state index in [9.17, 15) is 18.1 Å². The first kappa shape index (κ1) is 27.0. The Morgan fingerprint density at radius 2 is 1.50 bits per heavy atom. The molecule has 0 saturated carbocycles. The summed E-state index contributed by atoms with van der Waals surface area (Å²) in [5.74, 6) is 0.512. The fourth-order valence-corrected chi connectivity index (χ4v) is 4.17. The van der Waals surface area contributed by atoms with Gasteiger partial charge < -0.3 is 9.84 Å². The molecule has 7 heteroatoms. The van der Waals surface area contributed by atoms with Gasteiger partial charge in [0.25, 0.3) is 10.1 Å². The predicted molar refractivity (Wildman–Crippen MR) is 113 cm³/mol. The molecule has 1 N–H and O–H groups in total. The molecule has 0 aliphatic heterocycles. The summed E-state index contributed by atoms with van der Waals surface area (Å²) >= 11 is 0. The third kappa shape index (κ3) is 9.40. The van der Waals surface area contributed by atoms with E-state index in [1.807, 2.05) is 0 Å². The number of rotatable bonds is 13. The van der Waals surface area contributed by atoms with Crippen LogP contribution in [-0.2, 0) is 16.5 Å². The van der Waals surface area contributed by atoms with Crippen LogP contribution >= 0.6 is 0 Å². The van der Waals surface area contributed by atoms with E-state index in [2.05, 4.69) is 6.92 Å². The van der Waals surface area contributed by atoms with E-state index in [-0.39, 0.29) is 40.2 Å². The molecule has 0 fully saturated rings. The molecule has 0 bridgehead atoms. The quantitative estimate of drug-likeness (QED) is 0.293. The molecule has 0 heterocycles. The normalized spacial score (nSPS) is 11.1. The molecule has 5 nitrogen and oxygen atoms in total. The van der Waals surface area contributed by atoms with Crippen LogP contribution in [0.3, 0.4) is 0 Å². The monoisotopic (exact) mass is 442 g/mol. The van der Waals surface area contributed by atoms with E-state index in [4.69, 9.17) is 4.74 Å². The molecule has 0 aliphatic rings. The summed E-state index contributed by atoms with van der Waals surface area (Å²) in [5.41, 5.74) is 0.453. The first-order valence-electron chi connectivity index (χ1n) is 10.5. The van der Waals surface area contributed by atoms with Gasteiger partial charge in [0.15, 0.2) is 0 Å². The zero-order valence-corrected chi connectivity index (χ0v) is 20.9. The summed E-state index contributed by atoms with van der Waals surface area (Å²) in [6.45, 7) is 2.21. The maximum Gasteiger partial charge on any atom is 1.00 e. The molecule has 30 heavy (non-hydrogen) atoms. The van der Waals surface area contributed by atoms with Crippen molar-refractivity contribution in [2.24, 2.45) is 0 Å². The van der Waals surface area contributed by atoms with Gasteiger partial charge in [-0.25, -0.2) is 0 Å². The Kier molecular flexibility index (Phi) is 12.7. The van der Waals surface area contributed by atoms with Gasteiger partial charge in [0.1, 0.15) is 16.4 Å². The summed E-state index contributed by atoms with van der Waals surface area (Å²) in [7, 11) is -4.36. The van der Waals surface area contributed by atoms with E-state index < -0.39 is 10.1 Å². The minimum atomic E-state index is -4.36. The van der Waals surface area contributed by atoms with Crippen LogP contribution in [0.2, 0.25) is 0 Å². The Morgan fingerprint density at radius 1 is 0.900 bits per heavy atom. The minimum Gasteiger partial charge on any atom is -0.872 e. The first-order chi connectivity index (χ1) is 13.9. The standard InChI is InChI=1S/C23H32O5S.Na/c1-2-3-4-5-6-7-8-9-10-15-21-22(16-12-17-23(21)29(25,26)27)28-20-14-11-13-19(24)18-20;/h11-14,16-18,24H,2-10,15H2,1H3,(H,25,26,27);/q;+1/p-1. The van der Waals surface area contributed by atoms with Gasteiger partial charge >= 0.3 is 29.6 Å². The van der Waals surface area contributed by atoms with Crippen LogP contribution in [0.4, 0.5) is 0 Å². The molecule has 2 aromatic carbocycles. The van der Waals surface area contributed by atoms with E-state index in [1.54, 1.807) is 18.2 Å². The molecule has 2 rings (SSSR count). The molecule has 0 aromatic heterocycles. The summed E-state index contributed by atoms with van der Waals surface area (Å²) in [5, 5.41) is 11.5. The van der Waals surface area contributed by atoms with Crippen LogP contribution in [-0.4, -0.2) is 13.0 Å². The van der Waals surface area contributed by atoms with Crippen LogP contribution < -0.4 is 39.4 Å². The largest absolute Gasteiger partial charge is 1.00 e. The predicted octanol–water partition coefficient (Wildman–Crippen LogP) is 2.88. The SMILES string of the molecule is CCCCCCCCCCCc1c(Oc2cccc([O-])c2)cccc1S(=O)(=O)O.[Na+]. The zero-order chi connectivity index (χ0) is 21.1. The molecule has 0 unspecified atom stereocenters. The summed E-state index contributed by atoms with van der Waals surface area (Å²) in [6, 6.07) is 10.6. The Bertz CT molecular complexity index is 868. The molecule has 0 saturated heterocycles. The van der Waals surface area contributed by atoms with Crippen molar-refractivity contribution in [1.82, 2.24) is 0 Å². The van der Waals surface area contributed by atoms with Gasteiger partial charge in [-0.2, -0.15) is 8.42 Å². The number of unbranched alkanes of at least 4 members (excludes halogenated alkanes) is 8. The van der Waals surface area contributed by atoms with Crippen molar-refractivity contribution in [3.05, 3.63) is 48.0 Å². The van der Waals surface area contributed by atoms with Gasteiger partial charge in [0, 0.05) is 5.56 Å². The second-order valence-electron chi connectivity index (χ2n) is 7.36. The number of hydrogen-bond donors (Lipinski definition) is 1. The summed E-state index contributed by atoms with van der Waals surface area (Å²) < 4.78 is 39.0. The molecule has 160 valence electrons. The maximum atomic E-state index is 11.8. The van der Waals surface area contributed by atoms with E-state index >= 15 is 0 Å². The second-order valence-corrected chi connectivity index (χ2v) is 8.75. The van der Waals surface area contributed by atoms with Crippen LogP contribution in [0.25, 0.3) is 0 Å². The molecule has 0 radical (unpaired) electrons. The molecular weight excluding hydrogens is 411 g/mol. The minimum absolute atomic E-state index is 0. The zero-order valence-electron chi connectivity index (χ0n) is 18.1. The van der Waals surface area contributed by atoms with Gasteiger partial charge in [0.2, 0.25) is 0 Å². The number of benzene rings is 2. The molecule has 0 amide bonds. The maximum absolute atomic E-state index is 11.8. The molecular formula is C23H31NaO5S. The third-order valence-corrected chi connectivity index (χ3v) is 5.87. The van der Waals surface area contributed by atoms with E-state index in [0.29, 0.717) is 23.5 Å². The van der Waals surface area contributed by atoms with Crippen molar-refractivity contribution in [3.8, 4) is 17.2 Å². The van der Waals surface area contributed by atoms with Crippen LogP contribution in [0.15, 0.2) is 47.4 Å². The third-order valence-electron chi connectivity index (χ3n) is 4.93. The van der Waals surface area contributed by atoms with Gasteiger partial charge in [-0.15, -0.1) is 5.75 Å². The van der Waals surface area contributed by atoms with Gasteiger partial charge in [-0.05, 0) is 37.1 Å². The average Bonchev–Trinajstić information content (AvgIpc) is 2.67. The van der Waals surface area contributed by atoms with E-state index in [0.717, 1.165) is 19.3 Å². The molecule has 0 spiro atoms. The van der Waals surface area contributed by atoms with Crippen molar-refractivity contribution in [2.75, 3.05) is 0 Å². The smallest absolute Gasteiger partial charge is 0.872 e. The van der Waals surface area contributed by atoms with Crippen molar-refractivity contribution in [1.29, 1.82) is 0 Å². The second kappa shape index (κ2) is 14.1. The van der Waals surface area contributed by atoms with Gasteiger partial charge in [0.05, 0.1) is 0 Å². The topological polar surface area (TPSA) is 86.7 Å². The number of ether oxygens (including phenoxy) is 1. The van der Waals surface area contributed by atoms with Crippen LogP contribution in [0, 0.1) is 0 Å². The van der Waals surface area contributed by atoms with Crippen molar-refractivity contribution >= 4 is 10.1 Å². The molecule has 0 atom stereocenters. The van der Waals surface area contributed by atoms with Crippen molar-refractivity contribution < 1.29 is 52.4 Å². The Morgan fingerprint density at radius 3 is 2.10 bits per heavy atom. The van der Waals surface area contributed by atoms with Crippen LogP contribution in [0.5, 0.6) is 17.2 Å². The van der Waals surface area contributed by atoms with E-state index in [1.165, 1.54) is 62.8 Å². The molecule has 2 aromatic rings. The van der Waals surface area contributed by atoms with Crippen LogP contribution in [0.1, 0.15) is 70.3 Å². The Balaban J connectivity index is 0.00000450. The fraction of sp³-hybridized carbons (Fsp3) is 0.478. The van der Waals surface area contributed by atoms with Gasteiger partial charge in [-0.3, -0.25) is 4.55 Å². The Hall–Kier alpha value is -1.05. The van der Waals surface area contributed by atoms with Crippen molar-refractivity contribution in [3.63, 3.8) is 0 Å². The summed E-state index contributed by atoms with van der Waals surface area (Å²) in [6.07, 6.45) is 10.9. The fourth-order valence-electron chi connectivity index (χ4n) is 3.41.